The highest BCUT2D eigenvalue weighted by atomic mass is 15.2. The van der Waals surface area contributed by atoms with Crippen molar-refractivity contribution < 1.29 is 0 Å². The van der Waals surface area contributed by atoms with E-state index in [1.807, 2.05) is 0 Å². The summed E-state index contributed by atoms with van der Waals surface area (Å²) in [5.74, 6) is 0.738. The normalized spacial score (nSPS) is 18.4. The van der Waals surface area contributed by atoms with Gasteiger partial charge in [-0.25, -0.2) is 0 Å². The van der Waals surface area contributed by atoms with Gasteiger partial charge in [0.2, 0.25) is 0 Å². The first-order chi connectivity index (χ1) is 9.02. The fraction of sp³-hybridized carbons (Fsp3) is 0.938. The molecule has 1 aliphatic rings. The summed E-state index contributed by atoms with van der Waals surface area (Å²) in [5.41, 5.74) is 0. The first kappa shape index (κ1) is 16.5. The molecule has 19 heavy (non-hydrogen) atoms. The highest BCUT2D eigenvalue weighted by Crippen LogP contribution is 2.24. The summed E-state index contributed by atoms with van der Waals surface area (Å²) >= 11 is 0. The zero-order chi connectivity index (χ0) is 14.3. The minimum absolute atomic E-state index is 0.0345. The van der Waals surface area contributed by atoms with Gasteiger partial charge in [0.1, 0.15) is 6.04 Å². The molecule has 1 unspecified atom stereocenters. The van der Waals surface area contributed by atoms with E-state index in [0.29, 0.717) is 12.1 Å². The molecule has 1 N–H and O–H groups in total. The Kier molecular flexibility index (Phi) is 7.41. The fourth-order valence-electron chi connectivity index (χ4n) is 2.88. The fourth-order valence-corrected chi connectivity index (χ4v) is 2.88. The molecule has 0 spiro atoms. The van der Waals surface area contributed by atoms with Gasteiger partial charge in [0, 0.05) is 18.6 Å². The smallest absolute Gasteiger partial charge is 0.108 e. The van der Waals surface area contributed by atoms with Crippen LogP contribution in [0.5, 0.6) is 0 Å². The average molecular weight is 265 g/mol. The molecule has 0 aromatic rings. The van der Waals surface area contributed by atoms with Crippen molar-refractivity contribution in [2.45, 2.75) is 77.9 Å². The van der Waals surface area contributed by atoms with Gasteiger partial charge in [-0.2, -0.15) is 5.26 Å². The molecule has 1 rings (SSSR count). The molecule has 0 aromatic carbocycles. The van der Waals surface area contributed by atoms with Crippen LogP contribution < -0.4 is 5.32 Å². The van der Waals surface area contributed by atoms with E-state index in [4.69, 9.17) is 0 Å². The first-order valence-corrected chi connectivity index (χ1v) is 7.92. The molecule has 0 radical (unpaired) electrons. The summed E-state index contributed by atoms with van der Waals surface area (Å²) in [6.45, 7) is 10.8. The number of hydrogen-bond donors (Lipinski definition) is 1. The van der Waals surface area contributed by atoms with Gasteiger partial charge in [-0.15, -0.1) is 0 Å². The van der Waals surface area contributed by atoms with Gasteiger partial charge in [-0.1, -0.05) is 26.7 Å². The monoisotopic (exact) mass is 265 g/mol. The summed E-state index contributed by atoms with van der Waals surface area (Å²) in [6, 6.07) is 3.47. The Balaban J connectivity index is 2.53. The van der Waals surface area contributed by atoms with Crippen LogP contribution >= 0.6 is 0 Å². The molecular formula is C16H31N3. The second-order valence-corrected chi connectivity index (χ2v) is 6.62. The number of rotatable bonds is 8. The van der Waals surface area contributed by atoms with Crippen molar-refractivity contribution in [3.63, 3.8) is 0 Å². The highest BCUT2D eigenvalue weighted by molar-refractivity contribution is 4.94. The van der Waals surface area contributed by atoms with Crippen molar-refractivity contribution in [3.05, 3.63) is 0 Å². The number of nitriles is 1. The molecule has 1 atom stereocenters. The zero-order valence-electron chi connectivity index (χ0n) is 13.2. The Hall–Kier alpha value is -0.590. The van der Waals surface area contributed by atoms with Crippen LogP contribution in [0, 0.1) is 17.2 Å². The van der Waals surface area contributed by atoms with Gasteiger partial charge in [0.05, 0.1) is 6.07 Å². The van der Waals surface area contributed by atoms with E-state index in [1.54, 1.807) is 0 Å². The largest absolute Gasteiger partial charge is 0.299 e. The van der Waals surface area contributed by atoms with Crippen molar-refractivity contribution in [2.24, 2.45) is 5.92 Å². The van der Waals surface area contributed by atoms with E-state index in [9.17, 15) is 5.26 Å². The number of nitrogens with zero attached hydrogens (tertiary/aromatic N) is 2. The van der Waals surface area contributed by atoms with Crippen LogP contribution in [0.25, 0.3) is 0 Å². The predicted molar refractivity (Wildman–Crippen MR) is 81.0 cm³/mol. The molecule has 1 aliphatic carbocycles. The Morgan fingerprint density at radius 1 is 1.21 bits per heavy atom. The average Bonchev–Trinajstić information content (AvgIpc) is 2.85. The SMILES string of the molecule is CC(C)CCN(CC(C#N)NC(C)C)C1CCCC1. The van der Waals surface area contributed by atoms with Crippen molar-refractivity contribution >= 4 is 0 Å². The topological polar surface area (TPSA) is 39.1 Å². The van der Waals surface area contributed by atoms with Gasteiger partial charge in [-0.3, -0.25) is 10.2 Å². The van der Waals surface area contributed by atoms with E-state index in [0.717, 1.165) is 19.0 Å². The van der Waals surface area contributed by atoms with E-state index in [2.05, 4.69) is 44.0 Å². The van der Waals surface area contributed by atoms with E-state index < -0.39 is 0 Å². The van der Waals surface area contributed by atoms with Crippen molar-refractivity contribution in [1.82, 2.24) is 10.2 Å². The summed E-state index contributed by atoms with van der Waals surface area (Å²) in [6.07, 6.45) is 6.58. The van der Waals surface area contributed by atoms with Crippen LogP contribution in [-0.4, -0.2) is 36.1 Å². The van der Waals surface area contributed by atoms with Crippen LogP contribution in [0.4, 0.5) is 0 Å². The van der Waals surface area contributed by atoms with Gasteiger partial charge >= 0.3 is 0 Å². The minimum Gasteiger partial charge on any atom is -0.299 e. The summed E-state index contributed by atoms with van der Waals surface area (Å²) in [7, 11) is 0. The van der Waals surface area contributed by atoms with E-state index in [-0.39, 0.29) is 6.04 Å². The quantitative estimate of drug-likeness (QED) is 0.732. The molecule has 0 bridgehead atoms. The number of nitrogens with one attached hydrogen (secondary N) is 1. The van der Waals surface area contributed by atoms with E-state index in [1.165, 1.54) is 32.1 Å². The third-order valence-corrected chi connectivity index (χ3v) is 3.94. The standard InChI is InChI=1S/C16H31N3/c1-13(2)9-10-19(16-7-5-6-8-16)12-15(11-17)18-14(3)4/h13-16,18H,5-10,12H2,1-4H3. The van der Waals surface area contributed by atoms with Gasteiger partial charge < -0.3 is 0 Å². The highest BCUT2D eigenvalue weighted by Gasteiger charge is 2.25. The van der Waals surface area contributed by atoms with Crippen LogP contribution in [0.1, 0.15) is 59.8 Å². The Morgan fingerprint density at radius 3 is 2.32 bits per heavy atom. The summed E-state index contributed by atoms with van der Waals surface area (Å²) in [4.78, 5) is 2.57. The van der Waals surface area contributed by atoms with Gasteiger partial charge in [0.15, 0.2) is 0 Å². The van der Waals surface area contributed by atoms with Gasteiger partial charge in [0.25, 0.3) is 0 Å². The predicted octanol–water partition coefficient (Wildman–Crippen LogP) is 3.17. The Bertz CT molecular complexity index is 274. The second kappa shape index (κ2) is 8.55. The molecule has 3 heteroatoms. The zero-order valence-corrected chi connectivity index (χ0v) is 13.2. The summed E-state index contributed by atoms with van der Waals surface area (Å²) < 4.78 is 0. The van der Waals surface area contributed by atoms with Crippen molar-refractivity contribution in [1.29, 1.82) is 5.26 Å². The molecule has 1 fully saturated rings. The third kappa shape index (κ3) is 6.40. The maximum atomic E-state index is 9.30. The molecule has 110 valence electrons. The maximum absolute atomic E-state index is 9.30. The molecule has 1 saturated carbocycles. The number of hydrogen-bond acceptors (Lipinski definition) is 3. The van der Waals surface area contributed by atoms with E-state index >= 15 is 0 Å². The molecule has 3 nitrogen and oxygen atoms in total. The lowest BCUT2D eigenvalue weighted by Crippen LogP contribution is -2.46. The maximum Gasteiger partial charge on any atom is 0.108 e. The minimum atomic E-state index is -0.0345. The van der Waals surface area contributed by atoms with Crippen molar-refractivity contribution in [2.75, 3.05) is 13.1 Å². The molecule has 0 amide bonds. The Labute approximate surface area is 119 Å². The van der Waals surface area contributed by atoms with Crippen LogP contribution in [0.2, 0.25) is 0 Å². The van der Waals surface area contributed by atoms with Crippen LogP contribution in [0.3, 0.4) is 0 Å². The molecule has 0 saturated heterocycles. The molecule has 0 aromatic heterocycles. The lowest BCUT2D eigenvalue weighted by molar-refractivity contribution is 0.176. The lowest BCUT2D eigenvalue weighted by Gasteiger charge is -2.31. The molecule has 0 heterocycles. The van der Waals surface area contributed by atoms with Gasteiger partial charge in [-0.05, 0) is 45.6 Å². The summed E-state index contributed by atoms with van der Waals surface area (Å²) in [5, 5.41) is 12.7. The molecular weight excluding hydrogens is 234 g/mol. The second-order valence-electron chi connectivity index (χ2n) is 6.62. The molecule has 0 aliphatic heterocycles. The first-order valence-electron chi connectivity index (χ1n) is 7.92. The van der Waals surface area contributed by atoms with Crippen LogP contribution in [-0.2, 0) is 0 Å². The third-order valence-electron chi connectivity index (χ3n) is 3.94. The lowest BCUT2D eigenvalue weighted by atomic mass is 10.1. The van der Waals surface area contributed by atoms with Crippen molar-refractivity contribution in [3.8, 4) is 6.07 Å². The Morgan fingerprint density at radius 2 is 1.84 bits per heavy atom. The van der Waals surface area contributed by atoms with Crippen LogP contribution in [0.15, 0.2) is 0 Å².